The van der Waals surface area contributed by atoms with Crippen molar-refractivity contribution in [2.45, 2.75) is 25.6 Å². The van der Waals surface area contributed by atoms with Gasteiger partial charge in [0.15, 0.2) is 0 Å². The zero-order valence-electron chi connectivity index (χ0n) is 10.8. The zero-order valence-corrected chi connectivity index (χ0v) is 10.8. The molecule has 1 atom stereocenters. The maximum Gasteiger partial charge on any atom is 0.405 e. The Bertz CT molecular complexity index is 378. The molecule has 0 aliphatic rings. The van der Waals surface area contributed by atoms with Crippen LogP contribution in [0.5, 0.6) is 0 Å². The Hall–Kier alpha value is -1.27. The van der Waals surface area contributed by atoms with E-state index in [1.54, 1.807) is 24.3 Å². The van der Waals surface area contributed by atoms with Gasteiger partial charge in [-0.3, -0.25) is 0 Å². The molecule has 0 saturated carbocycles. The smallest absolute Gasteiger partial charge is 0.395 e. The highest BCUT2D eigenvalue weighted by atomic mass is 19.4. The van der Waals surface area contributed by atoms with Crippen molar-refractivity contribution in [3.05, 3.63) is 29.8 Å². The molecule has 0 aromatic heterocycles. The van der Waals surface area contributed by atoms with Crippen molar-refractivity contribution in [2.75, 3.05) is 24.6 Å². The van der Waals surface area contributed by atoms with E-state index in [1.165, 1.54) is 0 Å². The highest BCUT2D eigenvalue weighted by Gasteiger charge is 2.30. The predicted octanol–water partition coefficient (Wildman–Crippen LogP) is 2.46. The first-order chi connectivity index (χ1) is 8.87. The van der Waals surface area contributed by atoms with Gasteiger partial charge in [-0.25, -0.2) is 0 Å². The standard InChI is InChI=1S/C13H19F3N2O/c1-2-12(17)10-3-5-11(6-4-10)18(7-8-19)9-13(14,15)16/h3-6,12,19H,2,7-9,17H2,1H3/t12-/m1/s1. The molecule has 0 bridgehead atoms. The monoisotopic (exact) mass is 276 g/mol. The number of aliphatic hydroxyl groups excluding tert-OH is 1. The second kappa shape index (κ2) is 6.77. The van der Waals surface area contributed by atoms with E-state index >= 15 is 0 Å². The number of alkyl halides is 3. The molecule has 0 aliphatic heterocycles. The predicted molar refractivity (Wildman–Crippen MR) is 69.0 cm³/mol. The molecular weight excluding hydrogens is 257 g/mol. The molecule has 3 nitrogen and oxygen atoms in total. The number of benzene rings is 1. The van der Waals surface area contributed by atoms with Gasteiger partial charge in [-0.05, 0) is 24.1 Å². The Balaban J connectivity index is 2.85. The molecule has 0 heterocycles. The first-order valence-electron chi connectivity index (χ1n) is 6.15. The average molecular weight is 276 g/mol. The van der Waals surface area contributed by atoms with Gasteiger partial charge < -0.3 is 15.7 Å². The third kappa shape index (κ3) is 5.08. The lowest BCUT2D eigenvalue weighted by Crippen LogP contribution is -2.36. The number of halogens is 3. The summed E-state index contributed by atoms with van der Waals surface area (Å²) in [5, 5.41) is 8.85. The van der Waals surface area contributed by atoms with Crippen LogP contribution in [-0.4, -0.2) is 31.0 Å². The number of rotatable bonds is 6. The van der Waals surface area contributed by atoms with Crippen LogP contribution >= 0.6 is 0 Å². The summed E-state index contributed by atoms with van der Waals surface area (Å²) in [4.78, 5) is 1.10. The summed E-state index contributed by atoms with van der Waals surface area (Å²) >= 11 is 0. The van der Waals surface area contributed by atoms with Gasteiger partial charge in [0.05, 0.1) is 6.61 Å². The summed E-state index contributed by atoms with van der Waals surface area (Å²) < 4.78 is 37.3. The molecule has 0 saturated heterocycles. The van der Waals surface area contributed by atoms with Crippen molar-refractivity contribution in [3.8, 4) is 0 Å². The van der Waals surface area contributed by atoms with Crippen LogP contribution in [0, 0.1) is 0 Å². The first kappa shape index (κ1) is 15.8. The zero-order chi connectivity index (χ0) is 14.5. The average Bonchev–Trinajstić information content (AvgIpc) is 2.36. The van der Waals surface area contributed by atoms with E-state index < -0.39 is 12.7 Å². The summed E-state index contributed by atoms with van der Waals surface area (Å²) in [6.07, 6.45) is -3.53. The van der Waals surface area contributed by atoms with Gasteiger partial charge >= 0.3 is 6.18 Å². The summed E-state index contributed by atoms with van der Waals surface area (Å²) in [5.74, 6) is 0. The summed E-state index contributed by atoms with van der Waals surface area (Å²) in [7, 11) is 0. The fourth-order valence-corrected chi connectivity index (χ4v) is 1.80. The highest BCUT2D eigenvalue weighted by Crippen LogP contribution is 2.23. The van der Waals surface area contributed by atoms with E-state index in [4.69, 9.17) is 10.8 Å². The molecule has 0 fully saturated rings. The van der Waals surface area contributed by atoms with Crippen LogP contribution in [0.15, 0.2) is 24.3 Å². The quantitative estimate of drug-likeness (QED) is 0.839. The largest absolute Gasteiger partial charge is 0.405 e. The molecule has 1 aromatic carbocycles. The molecule has 6 heteroatoms. The molecule has 1 aromatic rings. The van der Waals surface area contributed by atoms with Crippen molar-refractivity contribution in [1.29, 1.82) is 0 Å². The molecule has 0 amide bonds. The number of nitrogens with two attached hydrogens (primary N) is 1. The lowest BCUT2D eigenvalue weighted by atomic mass is 10.1. The maximum absolute atomic E-state index is 12.4. The van der Waals surface area contributed by atoms with Crippen LogP contribution in [-0.2, 0) is 0 Å². The van der Waals surface area contributed by atoms with Gasteiger partial charge in [0.25, 0.3) is 0 Å². The minimum atomic E-state index is -4.30. The molecule has 0 unspecified atom stereocenters. The van der Waals surface area contributed by atoms with E-state index in [2.05, 4.69) is 0 Å². The van der Waals surface area contributed by atoms with Crippen molar-refractivity contribution in [1.82, 2.24) is 0 Å². The van der Waals surface area contributed by atoms with Crippen LogP contribution in [0.2, 0.25) is 0 Å². The van der Waals surface area contributed by atoms with Crippen LogP contribution in [0.3, 0.4) is 0 Å². The molecule has 0 radical (unpaired) electrons. The van der Waals surface area contributed by atoms with E-state index in [9.17, 15) is 13.2 Å². The third-order valence-corrected chi connectivity index (χ3v) is 2.87. The number of hydrogen-bond donors (Lipinski definition) is 2. The normalized spacial score (nSPS) is 13.4. The summed E-state index contributed by atoms with van der Waals surface area (Å²) in [6, 6.07) is 6.55. The molecule has 19 heavy (non-hydrogen) atoms. The van der Waals surface area contributed by atoms with Crippen molar-refractivity contribution >= 4 is 5.69 Å². The van der Waals surface area contributed by atoms with E-state index in [0.29, 0.717) is 5.69 Å². The van der Waals surface area contributed by atoms with Crippen LogP contribution in [0.25, 0.3) is 0 Å². The van der Waals surface area contributed by atoms with Crippen molar-refractivity contribution < 1.29 is 18.3 Å². The number of nitrogens with zero attached hydrogens (tertiary/aromatic N) is 1. The Labute approximate surface area is 110 Å². The van der Waals surface area contributed by atoms with Gasteiger partial charge in [0.1, 0.15) is 6.54 Å². The number of hydrogen-bond acceptors (Lipinski definition) is 3. The Morgan fingerprint density at radius 1 is 1.26 bits per heavy atom. The molecule has 108 valence electrons. The van der Waals surface area contributed by atoms with E-state index in [-0.39, 0.29) is 19.2 Å². The number of anilines is 1. The van der Waals surface area contributed by atoms with Crippen LogP contribution in [0.1, 0.15) is 24.9 Å². The van der Waals surface area contributed by atoms with Crippen LogP contribution in [0.4, 0.5) is 18.9 Å². The number of aliphatic hydroxyl groups is 1. The molecular formula is C13H19F3N2O. The van der Waals surface area contributed by atoms with Gasteiger partial charge in [-0.2, -0.15) is 13.2 Å². The summed E-state index contributed by atoms with van der Waals surface area (Å²) in [6.45, 7) is 0.484. The van der Waals surface area contributed by atoms with Gasteiger partial charge in [0, 0.05) is 18.3 Å². The minimum absolute atomic E-state index is 0.0569. The van der Waals surface area contributed by atoms with E-state index in [0.717, 1.165) is 16.9 Å². The van der Waals surface area contributed by atoms with Crippen LogP contribution < -0.4 is 10.6 Å². The van der Waals surface area contributed by atoms with Crippen molar-refractivity contribution in [2.24, 2.45) is 5.73 Å². The fourth-order valence-electron chi connectivity index (χ4n) is 1.80. The lowest BCUT2D eigenvalue weighted by molar-refractivity contribution is -0.119. The third-order valence-electron chi connectivity index (χ3n) is 2.87. The second-order valence-corrected chi connectivity index (χ2v) is 4.37. The summed E-state index contributed by atoms with van der Waals surface area (Å²) in [5.41, 5.74) is 7.17. The van der Waals surface area contributed by atoms with Gasteiger partial charge in [-0.15, -0.1) is 0 Å². The molecule has 1 rings (SSSR count). The minimum Gasteiger partial charge on any atom is -0.395 e. The Morgan fingerprint density at radius 3 is 2.26 bits per heavy atom. The van der Waals surface area contributed by atoms with Gasteiger partial charge in [-0.1, -0.05) is 19.1 Å². The topological polar surface area (TPSA) is 49.5 Å². The fraction of sp³-hybridized carbons (Fsp3) is 0.538. The molecule has 3 N–H and O–H groups in total. The van der Waals surface area contributed by atoms with Gasteiger partial charge in [0.2, 0.25) is 0 Å². The Morgan fingerprint density at radius 2 is 1.84 bits per heavy atom. The Kier molecular flexibility index (Phi) is 5.62. The SMILES string of the molecule is CC[C@@H](N)c1ccc(N(CCO)CC(F)(F)F)cc1. The van der Waals surface area contributed by atoms with E-state index in [1.807, 2.05) is 6.92 Å². The second-order valence-electron chi connectivity index (χ2n) is 4.37. The first-order valence-corrected chi connectivity index (χ1v) is 6.15. The molecule has 0 spiro atoms. The molecule has 0 aliphatic carbocycles. The highest BCUT2D eigenvalue weighted by molar-refractivity contribution is 5.48. The lowest BCUT2D eigenvalue weighted by Gasteiger charge is -2.25. The van der Waals surface area contributed by atoms with Crippen molar-refractivity contribution in [3.63, 3.8) is 0 Å². The maximum atomic E-state index is 12.4.